The third kappa shape index (κ3) is 2.50. The minimum absolute atomic E-state index is 0.0556. The second-order valence-electron chi connectivity index (χ2n) is 4.07. The Balaban J connectivity index is 2.29. The van der Waals surface area contributed by atoms with E-state index >= 15 is 0 Å². The van der Waals surface area contributed by atoms with Crippen molar-refractivity contribution < 1.29 is 9.18 Å². The number of amides is 1. The Morgan fingerprint density at radius 2 is 2.29 bits per heavy atom. The van der Waals surface area contributed by atoms with E-state index in [4.69, 9.17) is 0 Å². The van der Waals surface area contributed by atoms with Gasteiger partial charge < -0.3 is 10.2 Å². The fraction of sp³-hybridized carbons (Fsp3) is 0.417. The maximum Gasteiger partial charge on any atom is 0.244 e. The van der Waals surface area contributed by atoms with E-state index in [9.17, 15) is 9.18 Å². The van der Waals surface area contributed by atoms with E-state index in [0.717, 1.165) is 12.8 Å². The first-order valence-electron chi connectivity index (χ1n) is 5.57. The number of hydrogen-bond acceptors (Lipinski definition) is 2. The number of nitrogens with one attached hydrogen (secondary N) is 1. The number of carbonyl (C=O) groups is 1. The van der Waals surface area contributed by atoms with Crippen molar-refractivity contribution in [1.82, 2.24) is 5.32 Å². The molecular formula is C12H14BrFN2O. The number of piperidine rings is 1. The van der Waals surface area contributed by atoms with Gasteiger partial charge in [-0.15, -0.1) is 0 Å². The molecule has 0 aromatic heterocycles. The maximum atomic E-state index is 13.8. The van der Waals surface area contributed by atoms with E-state index in [1.807, 2.05) is 0 Å². The number of nitrogens with zero attached hydrogens (tertiary/aromatic N) is 1. The van der Waals surface area contributed by atoms with Gasteiger partial charge in [-0.05, 0) is 38.1 Å². The first kappa shape index (κ1) is 12.5. The third-order valence-electron chi connectivity index (χ3n) is 2.99. The SMILES string of the molecule is CNC1CCCN(c2ccc(Br)cc2F)C1=O. The van der Waals surface area contributed by atoms with Crippen LogP contribution in [0.3, 0.4) is 0 Å². The number of carbonyl (C=O) groups excluding carboxylic acids is 1. The fourth-order valence-corrected chi connectivity index (χ4v) is 2.42. The standard InChI is InChI=1S/C12H14BrFN2O/c1-15-10-3-2-6-16(12(10)17)11-5-4-8(13)7-9(11)14/h4-5,7,10,15H,2-3,6H2,1H3. The van der Waals surface area contributed by atoms with Gasteiger partial charge in [-0.2, -0.15) is 0 Å². The lowest BCUT2D eigenvalue weighted by atomic mass is 10.0. The number of benzene rings is 1. The predicted octanol–water partition coefficient (Wildman–Crippen LogP) is 2.30. The Kier molecular flexibility index (Phi) is 3.79. The highest BCUT2D eigenvalue weighted by Gasteiger charge is 2.29. The topological polar surface area (TPSA) is 32.3 Å². The van der Waals surface area contributed by atoms with Crippen LogP contribution in [-0.2, 0) is 4.79 Å². The van der Waals surface area contributed by atoms with Gasteiger partial charge in [-0.25, -0.2) is 4.39 Å². The molecule has 0 bridgehead atoms. The Bertz CT molecular complexity index is 439. The summed E-state index contributed by atoms with van der Waals surface area (Å²) in [7, 11) is 1.75. The molecule has 0 radical (unpaired) electrons. The molecule has 1 heterocycles. The first-order chi connectivity index (χ1) is 8.13. The smallest absolute Gasteiger partial charge is 0.244 e. The lowest BCUT2D eigenvalue weighted by Gasteiger charge is -2.32. The van der Waals surface area contributed by atoms with Gasteiger partial charge in [0.15, 0.2) is 0 Å². The van der Waals surface area contributed by atoms with E-state index in [1.54, 1.807) is 19.2 Å². The molecule has 1 fully saturated rings. The van der Waals surface area contributed by atoms with E-state index in [1.165, 1.54) is 11.0 Å². The van der Waals surface area contributed by atoms with Crippen LogP contribution in [0, 0.1) is 5.82 Å². The highest BCUT2D eigenvalue weighted by atomic mass is 79.9. The number of anilines is 1. The van der Waals surface area contributed by atoms with Crippen molar-refractivity contribution in [3.8, 4) is 0 Å². The zero-order valence-corrected chi connectivity index (χ0v) is 11.1. The van der Waals surface area contributed by atoms with Crippen LogP contribution >= 0.6 is 15.9 Å². The van der Waals surface area contributed by atoms with Crippen molar-refractivity contribution >= 4 is 27.5 Å². The van der Waals surface area contributed by atoms with Gasteiger partial charge in [0.2, 0.25) is 5.91 Å². The Labute approximate surface area is 108 Å². The van der Waals surface area contributed by atoms with Gasteiger partial charge in [0, 0.05) is 11.0 Å². The molecule has 92 valence electrons. The molecule has 0 saturated carbocycles. The molecule has 1 aliphatic rings. The zero-order valence-electron chi connectivity index (χ0n) is 9.54. The summed E-state index contributed by atoms with van der Waals surface area (Å²) in [6.45, 7) is 0.579. The Morgan fingerprint density at radius 1 is 1.53 bits per heavy atom. The van der Waals surface area contributed by atoms with Crippen LogP contribution in [0.5, 0.6) is 0 Å². The summed E-state index contributed by atoms with van der Waals surface area (Å²) in [6.07, 6.45) is 1.69. The van der Waals surface area contributed by atoms with Crippen LogP contribution in [0.4, 0.5) is 10.1 Å². The largest absolute Gasteiger partial charge is 0.309 e. The summed E-state index contributed by atoms with van der Waals surface area (Å²) < 4.78 is 14.5. The number of halogens is 2. The van der Waals surface area contributed by atoms with Crippen LogP contribution < -0.4 is 10.2 Å². The van der Waals surface area contributed by atoms with Crippen molar-refractivity contribution in [3.63, 3.8) is 0 Å². The molecule has 3 nitrogen and oxygen atoms in total. The third-order valence-corrected chi connectivity index (χ3v) is 3.48. The van der Waals surface area contributed by atoms with E-state index in [2.05, 4.69) is 21.2 Å². The number of rotatable bonds is 2. The lowest BCUT2D eigenvalue weighted by molar-refractivity contribution is -0.121. The van der Waals surface area contributed by atoms with Gasteiger partial charge in [-0.1, -0.05) is 15.9 Å². The molecule has 1 saturated heterocycles. The van der Waals surface area contributed by atoms with Crippen molar-refractivity contribution in [1.29, 1.82) is 0 Å². The second-order valence-corrected chi connectivity index (χ2v) is 4.98. The summed E-state index contributed by atoms with van der Waals surface area (Å²) in [4.78, 5) is 13.6. The normalized spacial score (nSPS) is 20.8. The minimum atomic E-state index is -0.371. The fourth-order valence-electron chi connectivity index (χ4n) is 2.08. The molecule has 1 aromatic carbocycles. The zero-order chi connectivity index (χ0) is 12.4. The first-order valence-corrected chi connectivity index (χ1v) is 6.36. The molecule has 0 aliphatic carbocycles. The molecule has 1 unspecified atom stereocenters. The molecule has 2 rings (SSSR count). The van der Waals surface area contributed by atoms with Gasteiger partial charge >= 0.3 is 0 Å². The average Bonchev–Trinajstić information content (AvgIpc) is 2.30. The maximum absolute atomic E-state index is 13.8. The second kappa shape index (κ2) is 5.14. The van der Waals surface area contributed by atoms with Gasteiger partial charge in [0.1, 0.15) is 5.82 Å². The van der Waals surface area contributed by atoms with Crippen LogP contribution in [0.2, 0.25) is 0 Å². The average molecular weight is 301 g/mol. The summed E-state index contributed by atoms with van der Waals surface area (Å²) in [6, 6.07) is 4.56. The van der Waals surface area contributed by atoms with Crippen LogP contribution in [0.25, 0.3) is 0 Å². The molecule has 1 atom stereocenters. The Hall–Kier alpha value is -0.940. The number of likely N-dealkylation sites (N-methyl/N-ethyl adjacent to an activating group) is 1. The van der Waals surface area contributed by atoms with Crippen molar-refractivity contribution in [3.05, 3.63) is 28.5 Å². The molecule has 1 aliphatic heterocycles. The van der Waals surface area contributed by atoms with E-state index in [0.29, 0.717) is 16.7 Å². The molecule has 5 heteroatoms. The molecule has 17 heavy (non-hydrogen) atoms. The highest BCUT2D eigenvalue weighted by Crippen LogP contribution is 2.26. The van der Waals surface area contributed by atoms with Crippen LogP contribution in [0.15, 0.2) is 22.7 Å². The van der Waals surface area contributed by atoms with Gasteiger partial charge in [0.05, 0.1) is 11.7 Å². The summed E-state index contributed by atoms with van der Waals surface area (Å²) in [5.41, 5.74) is 0.359. The molecule has 1 N–H and O–H groups in total. The molecule has 1 amide bonds. The lowest BCUT2D eigenvalue weighted by Crippen LogP contribution is -2.50. The van der Waals surface area contributed by atoms with Crippen molar-refractivity contribution in [2.24, 2.45) is 0 Å². The van der Waals surface area contributed by atoms with Crippen LogP contribution in [-0.4, -0.2) is 25.5 Å². The van der Waals surface area contributed by atoms with Crippen molar-refractivity contribution in [2.45, 2.75) is 18.9 Å². The quantitative estimate of drug-likeness (QED) is 0.909. The summed E-state index contributed by atoms with van der Waals surface area (Å²) in [5, 5.41) is 2.96. The molecule has 0 spiro atoms. The predicted molar refractivity (Wildman–Crippen MR) is 68.5 cm³/mol. The highest BCUT2D eigenvalue weighted by molar-refractivity contribution is 9.10. The molecule has 1 aromatic rings. The summed E-state index contributed by atoms with van der Waals surface area (Å²) >= 11 is 3.21. The van der Waals surface area contributed by atoms with Crippen molar-refractivity contribution in [2.75, 3.05) is 18.5 Å². The molecular weight excluding hydrogens is 287 g/mol. The van der Waals surface area contributed by atoms with Gasteiger partial charge in [0.25, 0.3) is 0 Å². The van der Waals surface area contributed by atoms with Gasteiger partial charge in [-0.3, -0.25) is 4.79 Å². The monoisotopic (exact) mass is 300 g/mol. The summed E-state index contributed by atoms with van der Waals surface area (Å²) in [5.74, 6) is -0.426. The number of hydrogen-bond donors (Lipinski definition) is 1. The minimum Gasteiger partial charge on any atom is -0.309 e. The Morgan fingerprint density at radius 3 is 2.94 bits per heavy atom. The van der Waals surface area contributed by atoms with Crippen LogP contribution in [0.1, 0.15) is 12.8 Å². The van der Waals surface area contributed by atoms with E-state index < -0.39 is 0 Å². The van der Waals surface area contributed by atoms with E-state index in [-0.39, 0.29) is 17.8 Å².